The van der Waals surface area contributed by atoms with E-state index in [2.05, 4.69) is 15.5 Å². The molecular weight excluding hydrogens is 393 g/mol. The lowest BCUT2D eigenvalue weighted by molar-refractivity contribution is -0.387. The summed E-state index contributed by atoms with van der Waals surface area (Å²) in [6.07, 6.45) is 0. The maximum absolute atomic E-state index is 13.4. The summed E-state index contributed by atoms with van der Waals surface area (Å²) in [5.74, 6) is -1.32. The van der Waals surface area contributed by atoms with E-state index in [-0.39, 0.29) is 11.4 Å². The van der Waals surface area contributed by atoms with Crippen LogP contribution in [0.2, 0.25) is 0 Å². The smallest absolute Gasteiger partial charge is 0.306 e. The number of nitrogens with zero attached hydrogens (tertiary/aromatic N) is 4. The molecule has 0 radical (unpaired) electrons. The monoisotopic (exact) mass is 403 g/mol. The highest BCUT2D eigenvalue weighted by atomic mass is 32.2. The number of para-hydroxylation sites is 1. The molecule has 0 fully saturated rings. The number of nitro groups is 1. The standard InChI is InChI=1S/C16H10FN5O3S2/c17-10-6-5-9(7-12(10)22(24)25)18-14(23)8-26-15-19-20-16-21(15)11-3-1-2-4-13(11)27-16/h1-7H,8H2,(H,18,23). The number of fused-ring (bicyclic) bond motifs is 3. The van der Waals surface area contributed by atoms with Crippen LogP contribution >= 0.6 is 23.1 Å². The van der Waals surface area contributed by atoms with Gasteiger partial charge in [-0.2, -0.15) is 4.39 Å². The molecule has 1 amide bonds. The predicted octanol–water partition coefficient (Wildman–Crippen LogP) is 3.72. The van der Waals surface area contributed by atoms with E-state index in [4.69, 9.17) is 0 Å². The molecule has 2 aromatic heterocycles. The highest BCUT2D eigenvalue weighted by Gasteiger charge is 2.17. The lowest BCUT2D eigenvalue weighted by Crippen LogP contribution is -2.14. The maximum Gasteiger partial charge on any atom is 0.306 e. The number of aromatic nitrogens is 3. The third-order valence-corrected chi connectivity index (χ3v) is 5.61. The highest BCUT2D eigenvalue weighted by Crippen LogP contribution is 2.29. The van der Waals surface area contributed by atoms with Gasteiger partial charge in [0.1, 0.15) is 0 Å². The number of benzene rings is 2. The van der Waals surface area contributed by atoms with Crippen molar-refractivity contribution in [1.82, 2.24) is 14.6 Å². The fourth-order valence-electron chi connectivity index (χ4n) is 2.51. The zero-order chi connectivity index (χ0) is 19.0. The Morgan fingerprint density at radius 2 is 2.11 bits per heavy atom. The Morgan fingerprint density at radius 3 is 2.93 bits per heavy atom. The van der Waals surface area contributed by atoms with Crippen LogP contribution in [-0.4, -0.2) is 31.2 Å². The van der Waals surface area contributed by atoms with Gasteiger partial charge in [0.15, 0.2) is 5.16 Å². The number of nitrogens with one attached hydrogen (secondary N) is 1. The van der Waals surface area contributed by atoms with Crippen LogP contribution in [-0.2, 0) is 4.79 Å². The van der Waals surface area contributed by atoms with Crippen LogP contribution in [0.3, 0.4) is 0 Å². The number of anilines is 1. The number of thioether (sulfide) groups is 1. The third kappa shape index (κ3) is 3.34. The molecule has 4 rings (SSSR count). The minimum absolute atomic E-state index is 0.0239. The second kappa shape index (κ2) is 6.93. The van der Waals surface area contributed by atoms with Crippen molar-refractivity contribution in [3.63, 3.8) is 0 Å². The predicted molar refractivity (Wildman–Crippen MR) is 101 cm³/mol. The summed E-state index contributed by atoms with van der Waals surface area (Å²) in [6, 6.07) is 11.0. The van der Waals surface area contributed by atoms with E-state index in [1.165, 1.54) is 29.2 Å². The molecule has 0 unspecified atom stereocenters. The van der Waals surface area contributed by atoms with E-state index in [0.29, 0.717) is 5.16 Å². The Bertz CT molecular complexity index is 1190. The molecule has 0 aliphatic rings. The van der Waals surface area contributed by atoms with Crippen molar-refractivity contribution in [1.29, 1.82) is 0 Å². The molecule has 27 heavy (non-hydrogen) atoms. The van der Waals surface area contributed by atoms with E-state index in [1.54, 1.807) is 0 Å². The van der Waals surface area contributed by atoms with E-state index < -0.39 is 22.3 Å². The van der Waals surface area contributed by atoms with Crippen molar-refractivity contribution < 1.29 is 14.1 Å². The summed E-state index contributed by atoms with van der Waals surface area (Å²) < 4.78 is 16.3. The van der Waals surface area contributed by atoms with E-state index in [0.717, 1.165) is 27.3 Å². The number of carbonyl (C=O) groups is 1. The van der Waals surface area contributed by atoms with E-state index >= 15 is 0 Å². The van der Waals surface area contributed by atoms with Gasteiger partial charge in [-0.25, -0.2) is 0 Å². The summed E-state index contributed by atoms with van der Waals surface area (Å²) in [5, 5.41) is 22.1. The van der Waals surface area contributed by atoms with E-state index in [1.807, 2.05) is 28.7 Å². The van der Waals surface area contributed by atoms with Crippen LogP contribution in [0.25, 0.3) is 15.2 Å². The number of carbonyl (C=O) groups excluding carboxylic acids is 1. The number of nitro benzene ring substituents is 1. The molecule has 0 atom stereocenters. The molecule has 0 saturated carbocycles. The van der Waals surface area contributed by atoms with Crippen LogP contribution in [0, 0.1) is 15.9 Å². The summed E-state index contributed by atoms with van der Waals surface area (Å²) in [6.45, 7) is 0. The van der Waals surface area contributed by atoms with Crippen molar-refractivity contribution in [3.05, 3.63) is 58.4 Å². The number of amides is 1. The van der Waals surface area contributed by atoms with Gasteiger partial charge in [-0.1, -0.05) is 35.2 Å². The number of rotatable bonds is 5. The summed E-state index contributed by atoms with van der Waals surface area (Å²) in [4.78, 5) is 22.8. The lowest BCUT2D eigenvalue weighted by Gasteiger charge is -2.05. The molecule has 0 saturated heterocycles. The SMILES string of the molecule is O=C(CSc1nnc2sc3ccccc3n12)Nc1ccc(F)c([N+](=O)[O-])c1. The second-order valence-electron chi connectivity index (χ2n) is 5.43. The van der Waals surface area contributed by atoms with Gasteiger partial charge in [-0.3, -0.25) is 19.3 Å². The Labute approximate surface area is 159 Å². The van der Waals surface area contributed by atoms with Gasteiger partial charge in [0.2, 0.25) is 16.7 Å². The minimum atomic E-state index is -0.956. The van der Waals surface area contributed by atoms with Crippen molar-refractivity contribution in [2.24, 2.45) is 0 Å². The topological polar surface area (TPSA) is 102 Å². The number of hydrogen-bond acceptors (Lipinski definition) is 7. The number of halogens is 1. The Kier molecular flexibility index (Phi) is 4.46. The summed E-state index contributed by atoms with van der Waals surface area (Å²) >= 11 is 2.69. The molecule has 4 aromatic rings. The van der Waals surface area contributed by atoms with Crippen LogP contribution in [0.5, 0.6) is 0 Å². The van der Waals surface area contributed by atoms with Gasteiger partial charge < -0.3 is 5.32 Å². The number of thiazole rings is 1. The van der Waals surface area contributed by atoms with Crippen molar-refractivity contribution >= 4 is 55.6 Å². The first-order valence-electron chi connectivity index (χ1n) is 7.62. The molecule has 8 nitrogen and oxygen atoms in total. The zero-order valence-electron chi connectivity index (χ0n) is 13.5. The average molecular weight is 403 g/mol. The Balaban J connectivity index is 1.49. The van der Waals surface area contributed by atoms with Gasteiger partial charge in [0, 0.05) is 11.8 Å². The van der Waals surface area contributed by atoms with Gasteiger partial charge in [-0.15, -0.1) is 10.2 Å². The molecule has 2 aromatic carbocycles. The maximum atomic E-state index is 13.4. The average Bonchev–Trinajstić information content (AvgIpc) is 3.20. The summed E-state index contributed by atoms with van der Waals surface area (Å²) in [5.41, 5.74) is 0.421. The Hall–Kier alpha value is -3.05. The molecule has 11 heteroatoms. The first-order chi connectivity index (χ1) is 13.0. The third-order valence-electron chi connectivity index (χ3n) is 3.67. The normalized spacial score (nSPS) is 11.1. The molecule has 0 spiro atoms. The highest BCUT2D eigenvalue weighted by molar-refractivity contribution is 7.99. The van der Waals surface area contributed by atoms with Gasteiger partial charge in [-0.05, 0) is 24.3 Å². The fourth-order valence-corrected chi connectivity index (χ4v) is 4.27. The molecule has 0 aliphatic heterocycles. The van der Waals surface area contributed by atoms with Crippen LogP contribution in [0.15, 0.2) is 47.6 Å². The second-order valence-corrected chi connectivity index (χ2v) is 7.38. The van der Waals surface area contributed by atoms with Crippen LogP contribution in [0.1, 0.15) is 0 Å². The largest absolute Gasteiger partial charge is 0.325 e. The van der Waals surface area contributed by atoms with Gasteiger partial charge in [0.25, 0.3) is 0 Å². The first-order valence-corrected chi connectivity index (χ1v) is 9.42. The quantitative estimate of drug-likeness (QED) is 0.309. The summed E-state index contributed by atoms with van der Waals surface area (Å²) in [7, 11) is 0. The van der Waals surface area contributed by atoms with Crippen molar-refractivity contribution in [2.45, 2.75) is 5.16 Å². The molecule has 0 bridgehead atoms. The van der Waals surface area contributed by atoms with Crippen molar-refractivity contribution in [3.8, 4) is 0 Å². The number of hydrogen-bond donors (Lipinski definition) is 1. The minimum Gasteiger partial charge on any atom is -0.325 e. The van der Waals surface area contributed by atoms with Crippen LogP contribution < -0.4 is 5.32 Å². The van der Waals surface area contributed by atoms with Crippen LogP contribution in [0.4, 0.5) is 15.8 Å². The molecule has 0 aliphatic carbocycles. The zero-order valence-corrected chi connectivity index (χ0v) is 15.1. The molecule has 2 heterocycles. The van der Waals surface area contributed by atoms with Crippen molar-refractivity contribution in [2.75, 3.05) is 11.1 Å². The Morgan fingerprint density at radius 1 is 1.30 bits per heavy atom. The van der Waals surface area contributed by atoms with E-state index in [9.17, 15) is 19.3 Å². The van der Waals surface area contributed by atoms with Gasteiger partial charge >= 0.3 is 5.69 Å². The fraction of sp³-hybridized carbons (Fsp3) is 0.0625. The first kappa shape index (κ1) is 17.4. The molecule has 136 valence electrons. The molecule has 1 N–H and O–H groups in total. The lowest BCUT2D eigenvalue weighted by atomic mass is 10.2. The molecular formula is C16H10FN5O3S2. The van der Waals surface area contributed by atoms with Gasteiger partial charge in [0.05, 0.1) is 20.9 Å².